The first-order valence-corrected chi connectivity index (χ1v) is 12.2. The van der Waals surface area contributed by atoms with Crippen LogP contribution in [0.2, 0.25) is 0 Å². The average molecular weight is 463 g/mol. The number of anilines is 1. The van der Waals surface area contributed by atoms with E-state index < -0.39 is 5.97 Å². The molecule has 8 heteroatoms. The molecule has 1 saturated heterocycles. The average Bonchev–Trinajstić information content (AvgIpc) is 3.55. The van der Waals surface area contributed by atoms with E-state index in [2.05, 4.69) is 17.1 Å². The number of thioether (sulfide) groups is 1. The fourth-order valence-electron chi connectivity index (χ4n) is 5.14. The number of carboxylic acids is 1. The predicted octanol–water partition coefficient (Wildman–Crippen LogP) is 4.60. The Morgan fingerprint density at radius 3 is 2.41 bits per heavy atom. The first-order valence-electron chi connectivity index (χ1n) is 10.4. The molecule has 0 unspecified atom stereocenters. The third-order valence-corrected chi connectivity index (χ3v) is 8.88. The van der Waals surface area contributed by atoms with Crippen molar-refractivity contribution in [1.82, 2.24) is 4.98 Å². The highest BCUT2D eigenvalue weighted by Crippen LogP contribution is 2.53. The molecule has 6 rings (SSSR count). The first kappa shape index (κ1) is 19.7. The fraction of sp³-hybridized carbons (Fsp3) is 0.250. The van der Waals surface area contributed by atoms with E-state index in [4.69, 9.17) is 5.11 Å². The normalized spacial score (nSPS) is 25.8. The van der Waals surface area contributed by atoms with Crippen LogP contribution in [0.5, 0.6) is 0 Å². The quantitative estimate of drug-likeness (QED) is 0.339. The van der Waals surface area contributed by atoms with Crippen LogP contribution in [0.15, 0.2) is 59.0 Å². The van der Waals surface area contributed by atoms with Crippen molar-refractivity contribution >= 4 is 56.8 Å². The van der Waals surface area contributed by atoms with E-state index in [1.165, 1.54) is 16.2 Å². The zero-order chi connectivity index (χ0) is 22.0. The number of allylic oxidation sites excluding steroid dienone is 2. The number of rotatable bonds is 5. The number of imide groups is 1. The lowest BCUT2D eigenvalue weighted by Crippen LogP contribution is -2.32. The summed E-state index contributed by atoms with van der Waals surface area (Å²) in [5.41, 5.74) is 2.75. The van der Waals surface area contributed by atoms with Crippen LogP contribution in [-0.2, 0) is 15.3 Å². The Labute approximate surface area is 191 Å². The summed E-state index contributed by atoms with van der Waals surface area (Å²) in [4.78, 5) is 43.2. The van der Waals surface area contributed by atoms with Gasteiger partial charge in [-0.25, -0.2) is 14.7 Å². The van der Waals surface area contributed by atoms with Crippen molar-refractivity contribution in [3.63, 3.8) is 0 Å². The van der Waals surface area contributed by atoms with Crippen LogP contribution < -0.4 is 4.90 Å². The van der Waals surface area contributed by atoms with Crippen molar-refractivity contribution in [2.24, 2.45) is 23.7 Å². The topological polar surface area (TPSA) is 87.6 Å². The molecule has 2 heterocycles. The second-order valence-electron chi connectivity index (χ2n) is 8.43. The first-order chi connectivity index (χ1) is 15.5. The monoisotopic (exact) mass is 462 g/mol. The Morgan fingerprint density at radius 1 is 1.06 bits per heavy atom. The zero-order valence-corrected chi connectivity index (χ0v) is 18.4. The minimum absolute atomic E-state index is 0.0693. The third-order valence-electron chi connectivity index (χ3n) is 6.64. The fourth-order valence-corrected chi connectivity index (χ4v) is 7.20. The summed E-state index contributed by atoms with van der Waals surface area (Å²) in [5.74, 6) is -0.401. The molecular weight excluding hydrogens is 444 g/mol. The number of benzene rings is 2. The lowest BCUT2D eigenvalue weighted by atomic mass is 9.85. The van der Waals surface area contributed by atoms with E-state index in [1.54, 1.807) is 23.9 Å². The van der Waals surface area contributed by atoms with E-state index in [9.17, 15) is 14.4 Å². The van der Waals surface area contributed by atoms with E-state index in [-0.39, 0.29) is 41.0 Å². The number of carbonyl (C=O) groups is 3. The van der Waals surface area contributed by atoms with Gasteiger partial charge in [0, 0.05) is 5.75 Å². The van der Waals surface area contributed by atoms with Crippen LogP contribution in [0.4, 0.5) is 5.69 Å². The number of hydrogen-bond donors (Lipinski definition) is 1. The van der Waals surface area contributed by atoms with Crippen molar-refractivity contribution in [1.29, 1.82) is 0 Å². The van der Waals surface area contributed by atoms with Crippen LogP contribution in [0, 0.1) is 23.7 Å². The molecule has 1 saturated carbocycles. The zero-order valence-electron chi connectivity index (χ0n) is 16.8. The molecule has 160 valence electrons. The minimum atomic E-state index is -0.936. The van der Waals surface area contributed by atoms with Gasteiger partial charge < -0.3 is 5.11 Å². The maximum absolute atomic E-state index is 13.1. The number of hydrogen-bond acceptors (Lipinski definition) is 6. The van der Waals surface area contributed by atoms with Crippen LogP contribution >= 0.6 is 23.1 Å². The standard InChI is InChI=1S/C24H18N2O4S2/c27-21-19-14-5-6-15(9-14)20(19)22(28)26(21)16-7-8-17-18(10-16)32-24(25-17)31-11-12-1-3-13(4-2-12)23(29)30/h1-8,10,14-15,19-20H,9,11H2,(H,29,30)/t14-,15-,19+,20+/m0/s1. The summed E-state index contributed by atoms with van der Waals surface area (Å²) >= 11 is 3.11. The number of carboxylic acid groups (broad SMARTS) is 1. The molecule has 1 N–H and O–H groups in total. The van der Waals surface area contributed by atoms with Crippen LogP contribution in [0.25, 0.3) is 10.2 Å². The van der Waals surface area contributed by atoms with Crippen molar-refractivity contribution in [2.75, 3.05) is 4.90 Å². The highest BCUT2D eigenvalue weighted by molar-refractivity contribution is 8.00. The van der Waals surface area contributed by atoms with Crippen molar-refractivity contribution < 1.29 is 19.5 Å². The molecule has 32 heavy (non-hydrogen) atoms. The van der Waals surface area contributed by atoms with Crippen LogP contribution in [0.3, 0.4) is 0 Å². The summed E-state index contributed by atoms with van der Waals surface area (Å²) < 4.78 is 1.82. The molecule has 6 nitrogen and oxygen atoms in total. The maximum atomic E-state index is 13.1. The van der Waals surface area contributed by atoms with Gasteiger partial charge in [-0.15, -0.1) is 11.3 Å². The molecule has 2 bridgehead atoms. The van der Waals surface area contributed by atoms with Gasteiger partial charge in [-0.1, -0.05) is 36.0 Å². The lowest BCUT2D eigenvalue weighted by Gasteiger charge is -2.17. The van der Waals surface area contributed by atoms with Gasteiger partial charge in [-0.3, -0.25) is 9.59 Å². The van der Waals surface area contributed by atoms with Gasteiger partial charge in [0.05, 0.1) is 33.3 Å². The number of aromatic nitrogens is 1. The van der Waals surface area contributed by atoms with E-state index in [0.29, 0.717) is 11.4 Å². The number of aromatic carboxylic acids is 1. The molecule has 3 aromatic rings. The molecule has 2 aromatic carbocycles. The molecule has 2 aliphatic carbocycles. The Hall–Kier alpha value is -2.97. The number of amides is 2. The van der Waals surface area contributed by atoms with E-state index in [1.807, 2.05) is 30.3 Å². The van der Waals surface area contributed by atoms with Crippen molar-refractivity contribution in [2.45, 2.75) is 16.5 Å². The minimum Gasteiger partial charge on any atom is -0.478 e. The molecule has 1 aliphatic heterocycles. The summed E-state index contributed by atoms with van der Waals surface area (Å²) in [6.07, 6.45) is 5.13. The molecule has 0 spiro atoms. The predicted molar refractivity (Wildman–Crippen MR) is 123 cm³/mol. The van der Waals surface area contributed by atoms with Crippen molar-refractivity contribution in [3.05, 3.63) is 65.7 Å². The lowest BCUT2D eigenvalue weighted by molar-refractivity contribution is -0.123. The molecule has 1 aromatic heterocycles. The number of nitrogens with zero attached hydrogens (tertiary/aromatic N) is 2. The van der Waals surface area contributed by atoms with Crippen molar-refractivity contribution in [3.8, 4) is 0 Å². The Balaban J connectivity index is 1.21. The van der Waals surface area contributed by atoms with Gasteiger partial charge in [0.25, 0.3) is 0 Å². The summed E-state index contributed by atoms with van der Waals surface area (Å²) in [7, 11) is 0. The molecular formula is C24H18N2O4S2. The number of fused-ring (bicyclic) bond motifs is 6. The number of carbonyl (C=O) groups excluding carboxylic acids is 2. The van der Waals surface area contributed by atoms with Crippen LogP contribution in [0.1, 0.15) is 22.3 Å². The molecule has 3 aliphatic rings. The number of thiazole rings is 1. The highest BCUT2D eigenvalue weighted by atomic mass is 32.2. The molecule has 2 amide bonds. The second-order valence-corrected chi connectivity index (χ2v) is 10.7. The molecule has 0 radical (unpaired) electrons. The van der Waals surface area contributed by atoms with Gasteiger partial charge in [0.1, 0.15) is 0 Å². The van der Waals surface area contributed by atoms with E-state index >= 15 is 0 Å². The SMILES string of the molecule is O=C(O)c1ccc(CSc2nc3ccc(N4C(=O)[C@H]5[C@H](C4=O)[C@H]4C=C[C@H]5C4)cc3s2)cc1. The highest BCUT2D eigenvalue weighted by Gasteiger charge is 2.59. The second kappa shape index (κ2) is 7.28. The maximum Gasteiger partial charge on any atom is 0.335 e. The van der Waals surface area contributed by atoms with Gasteiger partial charge >= 0.3 is 5.97 Å². The Morgan fingerprint density at radius 2 is 1.75 bits per heavy atom. The van der Waals surface area contributed by atoms with Gasteiger partial charge in [0.2, 0.25) is 11.8 Å². The van der Waals surface area contributed by atoms with Crippen LogP contribution in [-0.4, -0.2) is 27.9 Å². The smallest absolute Gasteiger partial charge is 0.335 e. The Kier molecular flexibility index (Phi) is 4.48. The van der Waals surface area contributed by atoms with Gasteiger partial charge in [-0.2, -0.15) is 0 Å². The molecule has 2 fully saturated rings. The van der Waals surface area contributed by atoms with E-state index in [0.717, 1.165) is 26.5 Å². The van der Waals surface area contributed by atoms with Gasteiger partial charge in [0.15, 0.2) is 4.34 Å². The summed E-state index contributed by atoms with van der Waals surface area (Å²) in [5, 5.41) is 9.01. The van der Waals surface area contributed by atoms with Gasteiger partial charge in [-0.05, 0) is 54.2 Å². The largest absolute Gasteiger partial charge is 0.478 e. The summed E-state index contributed by atoms with van der Waals surface area (Å²) in [6, 6.07) is 12.4. The molecule has 4 atom stereocenters. The third kappa shape index (κ3) is 3.01. The summed E-state index contributed by atoms with van der Waals surface area (Å²) in [6.45, 7) is 0. The Bertz CT molecular complexity index is 1280.